The van der Waals surface area contributed by atoms with E-state index in [0.29, 0.717) is 5.92 Å². The van der Waals surface area contributed by atoms with Crippen LogP contribution in [0.4, 0.5) is 5.69 Å². The highest BCUT2D eigenvalue weighted by atomic mass is 79.9. The summed E-state index contributed by atoms with van der Waals surface area (Å²) in [5, 5.41) is 7.28. The van der Waals surface area contributed by atoms with Crippen LogP contribution in [0.1, 0.15) is 6.92 Å². The van der Waals surface area contributed by atoms with Crippen LogP contribution in [0, 0.1) is 11.8 Å². The fourth-order valence-electron chi connectivity index (χ4n) is 2.62. The number of aromatic nitrogens is 1. The third kappa shape index (κ3) is 2.55. The maximum Gasteiger partial charge on any atom is 0.229 e. The first-order valence-corrected chi connectivity index (χ1v) is 7.50. The topological polar surface area (TPSA) is 54.0 Å². The quantitative estimate of drug-likeness (QED) is 0.888. The van der Waals surface area contributed by atoms with Gasteiger partial charge in [0.15, 0.2) is 0 Å². The first-order valence-electron chi connectivity index (χ1n) is 6.71. The Hall–Kier alpha value is -1.46. The molecule has 2 atom stereocenters. The number of hydrogen-bond donors (Lipinski definition) is 2. The monoisotopic (exact) mass is 333 g/mol. The van der Waals surface area contributed by atoms with Crippen LogP contribution >= 0.6 is 15.9 Å². The van der Waals surface area contributed by atoms with E-state index in [-0.39, 0.29) is 11.8 Å². The molecule has 2 aromatic rings. The average Bonchev–Trinajstić information content (AvgIpc) is 2.85. The molecule has 5 heteroatoms. The van der Waals surface area contributed by atoms with Crippen LogP contribution in [0.3, 0.4) is 0 Å². The van der Waals surface area contributed by atoms with E-state index in [1.54, 1.807) is 6.20 Å². The number of fused-ring (bicyclic) bond motifs is 1. The first-order chi connectivity index (χ1) is 9.65. The second kappa shape index (κ2) is 5.50. The fraction of sp³-hybridized carbons (Fsp3) is 0.333. The summed E-state index contributed by atoms with van der Waals surface area (Å²) in [6.45, 7) is 3.75. The van der Waals surface area contributed by atoms with Crippen molar-refractivity contribution in [3.63, 3.8) is 0 Å². The number of carbonyl (C=O) groups is 1. The molecule has 0 aliphatic carbocycles. The molecule has 1 amide bonds. The van der Waals surface area contributed by atoms with Crippen molar-refractivity contribution >= 4 is 38.4 Å². The molecule has 3 rings (SSSR count). The number of para-hydroxylation sites is 1. The minimum Gasteiger partial charge on any atom is -0.324 e. The van der Waals surface area contributed by atoms with Gasteiger partial charge in [-0.1, -0.05) is 19.1 Å². The summed E-state index contributed by atoms with van der Waals surface area (Å²) in [5.41, 5.74) is 1.60. The van der Waals surface area contributed by atoms with Gasteiger partial charge in [-0.15, -0.1) is 0 Å². The third-order valence-corrected chi connectivity index (χ3v) is 4.22. The van der Waals surface area contributed by atoms with Crippen LogP contribution in [-0.2, 0) is 4.79 Å². The van der Waals surface area contributed by atoms with Crippen molar-refractivity contribution < 1.29 is 4.79 Å². The van der Waals surface area contributed by atoms with E-state index < -0.39 is 0 Å². The van der Waals surface area contributed by atoms with Crippen molar-refractivity contribution in [2.24, 2.45) is 11.8 Å². The Kier molecular flexibility index (Phi) is 3.72. The van der Waals surface area contributed by atoms with Gasteiger partial charge in [0.25, 0.3) is 0 Å². The molecule has 1 aromatic heterocycles. The molecule has 1 fully saturated rings. The van der Waals surface area contributed by atoms with E-state index in [9.17, 15) is 4.79 Å². The summed E-state index contributed by atoms with van der Waals surface area (Å²) in [7, 11) is 0. The standard InChI is InChI=1S/C15H16BrN3O/c1-9-6-17-8-12(9)15(20)19-13-4-2-3-10-5-11(16)7-18-14(10)13/h2-5,7,9,12,17H,6,8H2,1H3,(H,19,20)/t9-,12-/m1/s1. The molecule has 0 saturated carbocycles. The van der Waals surface area contributed by atoms with Crippen LogP contribution in [0.25, 0.3) is 10.9 Å². The summed E-state index contributed by atoms with van der Waals surface area (Å²) >= 11 is 3.41. The summed E-state index contributed by atoms with van der Waals surface area (Å²) < 4.78 is 0.932. The Morgan fingerprint density at radius 3 is 3.05 bits per heavy atom. The molecule has 1 aliphatic heterocycles. The van der Waals surface area contributed by atoms with E-state index >= 15 is 0 Å². The lowest BCUT2D eigenvalue weighted by Gasteiger charge is -2.15. The Balaban J connectivity index is 1.89. The van der Waals surface area contributed by atoms with Crippen LogP contribution in [0.5, 0.6) is 0 Å². The van der Waals surface area contributed by atoms with Gasteiger partial charge in [0.2, 0.25) is 5.91 Å². The number of carbonyl (C=O) groups excluding carboxylic acids is 1. The summed E-state index contributed by atoms with van der Waals surface area (Å²) in [4.78, 5) is 16.7. The number of amides is 1. The van der Waals surface area contributed by atoms with Crippen LogP contribution in [-0.4, -0.2) is 24.0 Å². The summed E-state index contributed by atoms with van der Waals surface area (Å²) in [6.07, 6.45) is 1.75. The summed E-state index contributed by atoms with van der Waals surface area (Å²) in [5.74, 6) is 0.465. The van der Waals surface area contributed by atoms with E-state index in [4.69, 9.17) is 0 Å². The molecule has 1 aromatic carbocycles. The molecular formula is C15H16BrN3O. The lowest BCUT2D eigenvalue weighted by molar-refractivity contribution is -0.120. The van der Waals surface area contributed by atoms with Crippen molar-refractivity contribution in [3.05, 3.63) is 34.9 Å². The van der Waals surface area contributed by atoms with E-state index in [2.05, 4.69) is 38.5 Å². The zero-order chi connectivity index (χ0) is 14.1. The van der Waals surface area contributed by atoms with Gasteiger partial charge in [0.05, 0.1) is 17.1 Å². The largest absolute Gasteiger partial charge is 0.324 e. The predicted molar refractivity (Wildman–Crippen MR) is 83.6 cm³/mol. The van der Waals surface area contributed by atoms with Gasteiger partial charge in [-0.25, -0.2) is 0 Å². The highest BCUT2D eigenvalue weighted by molar-refractivity contribution is 9.10. The molecular weight excluding hydrogens is 318 g/mol. The number of pyridine rings is 1. The Bertz CT molecular complexity index is 659. The molecule has 0 unspecified atom stereocenters. The smallest absolute Gasteiger partial charge is 0.229 e. The third-order valence-electron chi connectivity index (χ3n) is 3.79. The number of hydrogen-bond acceptors (Lipinski definition) is 3. The number of benzene rings is 1. The van der Waals surface area contributed by atoms with E-state index in [1.807, 2.05) is 24.3 Å². The molecule has 104 valence electrons. The maximum atomic E-state index is 12.3. The number of halogens is 1. The van der Waals surface area contributed by atoms with E-state index in [0.717, 1.165) is 34.2 Å². The number of nitrogens with one attached hydrogen (secondary N) is 2. The van der Waals surface area contributed by atoms with Gasteiger partial charge in [-0.05, 0) is 40.5 Å². The number of rotatable bonds is 2. The van der Waals surface area contributed by atoms with Crippen molar-refractivity contribution in [2.45, 2.75) is 6.92 Å². The predicted octanol–water partition coefficient (Wildman–Crippen LogP) is 2.79. The lowest BCUT2D eigenvalue weighted by atomic mass is 9.97. The fourth-order valence-corrected chi connectivity index (χ4v) is 2.97. The highest BCUT2D eigenvalue weighted by Crippen LogP contribution is 2.25. The van der Waals surface area contributed by atoms with Gasteiger partial charge in [-0.2, -0.15) is 0 Å². The first kappa shape index (κ1) is 13.5. The maximum absolute atomic E-state index is 12.3. The van der Waals surface area contributed by atoms with Crippen molar-refractivity contribution in [1.82, 2.24) is 10.3 Å². The Morgan fingerprint density at radius 2 is 2.30 bits per heavy atom. The Labute approximate surface area is 126 Å². The van der Waals surface area contributed by atoms with Gasteiger partial charge in [-0.3, -0.25) is 9.78 Å². The van der Waals surface area contributed by atoms with Crippen LogP contribution < -0.4 is 10.6 Å². The zero-order valence-corrected chi connectivity index (χ0v) is 12.8. The second-order valence-corrected chi connectivity index (χ2v) is 6.18. The van der Waals surface area contributed by atoms with Crippen molar-refractivity contribution in [3.8, 4) is 0 Å². The molecule has 20 heavy (non-hydrogen) atoms. The molecule has 2 heterocycles. The lowest BCUT2D eigenvalue weighted by Crippen LogP contribution is -2.27. The van der Waals surface area contributed by atoms with Crippen LogP contribution in [0.2, 0.25) is 0 Å². The molecule has 0 radical (unpaired) electrons. The average molecular weight is 334 g/mol. The number of nitrogens with zero attached hydrogens (tertiary/aromatic N) is 1. The normalized spacial score (nSPS) is 22.1. The molecule has 1 aliphatic rings. The van der Waals surface area contributed by atoms with Gasteiger partial charge in [0.1, 0.15) is 0 Å². The minimum absolute atomic E-state index is 0.0284. The molecule has 4 nitrogen and oxygen atoms in total. The minimum atomic E-state index is 0.0284. The SMILES string of the molecule is C[C@@H]1CNC[C@H]1C(=O)Nc1cccc2cc(Br)cnc12. The van der Waals surface area contributed by atoms with Crippen LogP contribution in [0.15, 0.2) is 34.9 Å². The van der Waals surface area contributed by atoms with Gasteiger partial charge < -0.3 is 10.6 Å². The van der Waals surface area contributed by atoms with Crippen molar-refractivity contribution in [1.29, 1.82) is 0 Å². The molecule has 0 bridgehead atoms. The number of anilines is 1. The zero-order valence-electron chi connectivity index (χ0n) is 11.2. The van der Waals surface area contributed by atoms with Gasteiger partial charge >= 0.3 is 0 Å². The van der Waals surface area contributed by atoms with E-state index in [1.165, 1.54) is 0 Å². The molecule has 0 spiro atoms. The highest BCUT2D eigenvalue weighted by Gasteiger charge is 2.29. The van der Waals surface area contributed by atoms with Crippen molar-refractivity contribution in [2.75, 3.05) is 18.4 Å². The van der Waals surface area contributed by atoms with Gasteiger partial charge in [0, 0.05) is 22.6 Å². The second-order valence-electron chi connectivity index (χ2n) is 5.26. The summed E-state index contributed by atoms with van der Waals surface area (Å²) in [6, 6.07) is 7.82. The Morgan fingerprint density at radius 1 is 1.45 bits per heavy atom. The molecule has 1 saturated heterocycles. The molecule has 2 N–H and O–H groups in total.